The third-order valence-corrected chi connectivity index (χ3v) is 14.9. The Morgan fingerprint density at radius 1 is 0.317 bits per heavy atom. The Kier molecular flexibility index (Phi) is 22.0. The zero-order valence-electron chi connectivity index (χ0n) is 27.7. The average molecular weight is 577 g/mol. The molecule has 0 heterocycles. The summed E-state index contributed by atoms with van der Waals surface area (Å²) in [6.45, 7) is 4.62. The van der Waals surface area contributed by atoms with Gasteiger partial charge >= 0.3 is 0 Å². The number of rotatable bonds is 28. The molecule has 0 saturated heterocycles. The lowest BCUT2D eigenvalue weighted by Gasteiger charge is -2.33. The second-order valence-corrected chi connectivity index (χ2v) is 17.4. The second-order valence-electron chi connectivity index (χ2n) is 13.1. The molecule has 2 rings (SSSR count). The molecule has 0 saturated carbocycles. The van der Waals surface area contributed by atoms with Gasteiger partial charge in [0.1, 0.15) is 8.07 Å². The molecule has 0 N–H and O–H groups in total. The summed E-state index contributed by atoms with van der Waals surface area (Å²) >= 11 is 0. The van der Waals surface area contributed by atoms with E-state index in [1.807, 2.05) is 0 Å². The van der Waals surface area contributed by atoms with Gasteiger partial charge in [0.15, 0.2) is 0 Å². The second kappa shape index (κ2) is 25.2. The summed E-state index contributed by atoms with van der Waals surface area (Å²) in [5, 5.41) is 3.36. The molecule has 0 aliphatic carbocycles. The minimum absolute atomic E-state index is 1.36. The van der Waals surface area contributed by atoms with Crippen LogP contribution in [0.25, 0.3) is 0 Å². The van der Waals surface area contributed by atoms with Crippen molar-refractivity contribution in [3.63, 3.8) is 0 Å². The van der Waals surface area contributed by atoms with E-state index in [0.29, 0.717) is 0 Å². The average Bonchev–Trinajstić information content (AvgIpc) is 3.02. The summed E-state index contributed by atoms with van der Waals surface area (Å²) in [5.41, 5.74) is 0. The Balaban J connectivity index is 1.78. The maximum Gasteiger partial charge on any atom is 0.118 e. The lowest BCUT2D eigenvalue weighted by atomic mass is 10.1. The van der Waals surface area contributed by atoms with Crippen LogP contribution >= 0.6 is 0 Å². The van der Waals surface area contributed by atoms with Gasteiger partial charge in [-0.3, -0.25) is 0 Å². The molecule has 0 aliphatic rings. The molecule has 0 nitrogen and oxygen atoms in total. The first-order chi connectivity index (χ1) is 20.3. The molecule has 0 amide bonds. The van der Waals surface area contributed by atoms with Crippen molar-refractivity contribution >= 4 is 18.4 Å². The maximum absolute atomic E-state index is 2.47. The zero-order valence-corrected chi connectivity index (χ0v) is 28.7. The third-order valence-electron chi connectivity index (χ3n) is 9.57. The molecule has 0 radical (unpaired) electrons. The molecule has 0 bridgehead atoms. The molecule has 0 unspecified atom stereocenters. The molecule has 1 heteroatoms. The first kappa shape index (κ1) is 35.9. The van der Waals surface area contributed by atoms with Gasteiger partial charge < -0.3 is 0 Å². The number of benzene rings is 2. The molecule has 0 fully saturated rings. The van der Waals surface area contributed by atoms with E-state index < -0.39 is 8.07 Å². The summed E-state index contributed by atoms with van der Waals surface area (Å²) in [4.78, 5) is 0. The van der Waals surface area contributed by atoms with Crippen molar-refractivity contribution in [1.29, 1.82) is 0 Å². The van der Waals surface area contributed by atoms with E-state index in [0.717, 1.165) is 0 Å². The summed E-state index contributed by atoms with van der Waals surface area (Å²) in [5.74, 6) is 0. The Labute approximate surface area is 258 Å². The van der Waals surface area contributed by atoms with Crippen LogP contribution in [0.5, 0.6) is 0 Å². The Morgan fingerprint density at radius 2 is 0.561 bits per heavy atom. The van der Waals surface area contributed by atoms with Crippen LogP contribution in [0, 0.1) is 0 Å². The molecule has 2 aromatic carbocycles. The van der Waals surface area contributed by atoms with Gasteiger partial charge in [-0.25, -0.2) is 0 Å². The van der Waals surface area contributed by atoms with Crippen LogP contribution in [-0.2, 0) is 0 Å². The minimum Gasteiger partial charge on any atom is -0.0654 e. The van der Waals surface area contributed by atoms with Crippen LogP contribution in [0.4, 0.5) is 0 Å². The standard InChI is InChI=1S/C40H68Si/c1-3-5-7-9-11-13-15-17-19-21-23-31-37-41(39-33-27-25-28-34-39,40-35-29-26-30-36-40)38-32-24-22-20-18-16-14-12-10-8-6-4-2/h25-30,33-36H,3-24,31-32,37-38H2,1-2H3. The fourth-order valence-corrected chi connectivity index (χ4v) is 12.0. The highest BCUT2D eigenvalue weighted by Gasteiger charge is 2.35. The lowest BCUT2D eigenvalue weighted by molar-refractivity contribution is 0.546. The molecule has 0 aromatic heterocycles. The van der Waals surface area contributed by atoms with Gasteiger partial charge in [0.25, 0.3) is 0 Å². The van der Waals surface area contributed by atoms with Crippen molar-refractivity contribution in [2.24, 2.45) is 0 Å². The molecule has 0 atom stereocenters. The van der Waals surface area contributed by atoms with E-state index in [-0.39, 0.29) is 0 Å². The first-order valence-electron chi connectivity index (χ1n) is 18.4. The van der Waals surface area contributed by atoms with Crippen LogP contribution in [0.15, 0.2) is 60.7 Å². The van der Waals surface area contributed by atoms with E-state index in [2.05, 4.69) is 74.5 Å². The van der Waals surface area contributed by atoms with Crippen molar-refractivity contribution < 1.29 is 0 Å². The van der Waals surface area contributed by atoms with Crippen LogP contribution < -0.4 is 10.4 Å². The van der Waals surface area contributed by atoms with Gasteiger partial charge in [0.2, 0.25) is 0 Å². The molecule has 232 valence electrons. The highest BCUT2D eigenvalue weighted by atomic mass is 28.3. The van der Waals surface area contributed by atoms with Gasteiger partial charge in [-0.15, -0.1) is 0 Å². The Hall–Kier alpha value is -1.34. The minimum atomic E-state index is -1.74. The highest BCUT2D eigenvalue weighted by molar-refractivity contribution is 7.02. The maximum atomic E-state index is 2.47. The highest BCUT2D eigenvalue weighted by Crippen LogP contribution is 2.25. The molecule has 0 aliphatic heterocycles. The first-order valence-corrected chi connectivity index (χ1v) is 20.9. The lowest BCUT2D eigenvalue weighted by Crippen LogP contribution is -2.58. The van der Waals surface area contributed by atoms with Crippen LogP contribution in [0.3, 0.4) is 0 Å². The fourth-order valence-electron chi connectivity index (χ4n) is 6.92. The SMILES string of the molecule is CCCCCCCCCCCCCC[Si](CCCCCCCCCCCCCC)(c1ccccc1)c1ccccc1. The number of hydrogen-bond acceptors (Lipinski definition) is 0. The smallest absolute Gasteiger partial charge is 0.0654 e. The van der Waals surface area contributed by atoms with E-state index in [1.165, 1.54) is 166 Å². The van der Waals surface area contributed by atoms with Gasteiger partial charge in [-0.1, -0.05) is 239 Å². The summed E-state index contributed by atoms with van der Waals surface area (Å²) < 4.78 is 0. The van der Waals surface area contributed by atoms with E-state index in [4.69, 9.17) is 0 Å². The van der Waals surface area contributed by atoms with Crippen LogP contribution in [0.2, 0.25) is 12.1 Å². The third kappa shape index (κ3) is 16.2. The van der Waals surface area contributed by atoms with Gasteiger partial charge in [-0.05, 0) is 12.1 Å². The van der Waals surface area contributed by atoms with E-state index >= 15 is 0 Å². The Bertz CT molecular complexity index is 729. The fraction of sp³-hybridized carbons (Fsp3) is 0.700. The largest absolute Gasteiger partial charge is 0.118 e. The van der Waals surface area contributed by atoms with E-state index in [1.54, 1.807) is 10.4 Å². The van der Waals surface area contributed by atoms with Gasteiger partial charge in [-0.2, -0.15) is 0 Å². The predicted octanol–water partition coefficient (Wildman–Crippen LogP) is 12.7. The predicted molar refractivity (Wildman–Crippen MR) is 190 cm³/mol. The Morgan fingerprint density at radius 3 is 0.829 bits per heavy atom. The molecular formula is C40H68Si. The van der Waals surface area contributed by atoms with Crippen molar-refractivity contribution in [3.05, 3.63) is 60.7 Å². The van der Waals surface area contributed by atoms with Gasteiger partial charge in [0.05, 0.1) is 0 Å². The topological polar surface area (TPSA) is 0 Å². The van der Waals surface area contributed by atoms with Crippen molar-refractivity contribution in [1.82, 2.24) is 0 Å². The quantitative estimate of drug-likeness (QED) is 0.0698. The summed E-state index contributed by atoms with van der Waals surface area (Å²) in [7, 11) is -1.74. The van der Waals surface area contributed by atoms with Gasteiger partial charge in [0, 0.05) is 0 Å². The van der Waals surface area contributed by atoms with Crippen molar-refractivity contribution in [2.75, 3.05) is 0 Å². The number of unbranched alkanes of at least 4 members (excludes halogenated alkanes) is 22. The monoisotopic (exact) mass is 577 g/mol. The van der Waals surface area contributed by atoms with Crippen molar-refractivity contribution in [3.8, 4) is 0 Å². The van der Waals surface area contributed by atoms with Crippen LogP contribution in [-0.4, -0.2) is 8.07 Å². The molecular weight excluding hydrogens is 509 g/mol. The van der Waals surface area contributed by atoms with Crippen molar-refractivity contribution in [2.45, 2.75) is 180 Å². The van der Waals surface area contributed by atoms with E-state index in [9.17, 15) is 0 Å². The zero-order chi connectivity index (χ0) is 29.1. The van der Waals surface area contributed by atoms with Crippen LogP contribution in [0.1, 0.15) is 168 Å². The normalized spacial score (nSPS) is 11.8. The summed E-state index contributed by atoms with van der Waals surface area (Å²) in [6.07, 6.45) is 34.4. The summed E-state index contributed by atoms with van der Waals surface area (Å²) in [6, 6.07) is 26.3. The molecule has 2 aromatic rings. The molecule has 41 heavy (non-hydrogen) atoms. The number of hydrogen-bond donors (Lipinski definition) is 0. The molecule has 0 spiro atoms.